The number of hydrogen-bond acceptors (Lipinski definition) is 3. The Kier molecular flexibility index (Phi) is 4.73. The summed E-state index contributed by atoms with van der Waals surface area (Å²) >= 11 is 16.6. The summed E-state index contributed by atoms with van der Waals surface area (Å²) in [5, 5.41) is 0.602. The van der Waals surface area contributed by atoms with Gasteiger partial charge in [-0.25, -0.2) is 8.42 Å². The maximum atomic E-state index is 12.4. The van der Waals surface area contributed by atoms with Gasteiger partial charge in [-0.2, -0.15) is 0 Å². The van der Waals surface area contributed by atoms with Crippen LogP contribution >= 0.6 is 35.4 Å². The van der Waals surface area contributed by atoms with Crippen LogP contribution in [-0.4, -0.2) is 13.4 Å². The molecule has 21 heavy (non-hydrogen) atoms. The molecule has 110 valence electrons. The van der Waals surface area contributed by atoms with Crippen molar-refractivity contribution < 1.29 is 8.42 Å². The highest BCUT2D eigenvalue weighted by molar-refractivity contribution is 7.93. The van der Waals surface area contributed by atoms with Crippen molar-refractivity contribution in [3.8, 4) is 0 Å². The number of benzene rings is 2. The SMILES string of the molecule is NC(=S)c1ccccc1S(=O)(=O)Nc1ccc(Cl)cc1Cl. The van der Waals surface area contributed by atoms with Gasteiger partial charge in [-0.05, 0) is 24.3 Å². The zero-order chi connectivity index (χ0) is 15.6. The van der Waals surface area contributed by atoms with Gasteiger partial charge in [0.15, 0.2) is 0 Å². The standard InChI is InChI=1S/C13H10Cl2N2O2S2/c14-8-5-6-11(10(15)7-8)17-21(18,19)12-4-2-1-3-9(12)13(16)20/h1-7,17H,(H2,16,20). The first-order valence-corrected chi connectivity index (χ1v) is 8.33. The summed E-state index contributed by atoms with van der Waals surface area (Å²) in [6, 6.07) is 10.7. The quantitative estimate of drug-likeness (QED) is 0.819. The molecule has 3 N–H and O–H groups in total. The van der Waals surface area contributed by atoms with Crippen molar-refractivity contribution >= 4 is 56.1 Å². The second-order valence-electron chi connectivity index (χ2n) is 4.09. The maximum Gasteiger partial charge on any atom is 0.262 e. The molecule has 0 heterocycles. The lowest BCUT2D eigenvalue weighted by Crippen LogP contribution is -2.19. The van der Waals surface area contributed by atoms with Crippen LogP contribution in [0.5, 0.6) is 0 Å². The monoisotopic (exact) mass is 360 g/mol. The molecule has 2 rings (SSSR count). The molecule has 0 aliphatic rings. The number of halogens is 2. The van der Waals surface area contributed by atoms with Gasteiger partial charge in [-0.3, -0.25) is 4.72 Å². The van der Waals surface area contributed by atoms with E-state index < -0.39 is 10.0 Å². The van der Waals surface area contributed by atoms with Crippen molar-refractivity contribution in [1.82, 2.24) is 0 Å². The molecular weight excluding hydrogens is 351 g/mol. The van der Waals surface area contributed by atoms with E-state index in [1.165, 1.54) is 24.3 Å². The highest BCUT2D eigenvalue weighted by Gasteiger charge is 2.20. The molecule has 0 aliphatic carbocycles. The number of hydrogen-bond donors (Lipinski definition) is 2. The van der Waals surface area contributed by atoms with Gasteiger partial charge in [0.25, 0.3) is 10.0 Å². The van der Waals surface area contributed by atoms with Gasteiger partial charge in [0.05, 0.1) is 15.6 Å². The number of nitrogens with one attached hydrogen (secondary N) is 1. The molecule has 0 fully saturated rings. The minimum atomic E-state index is -3.87. The molecule has 4 nitrogen and oxygen atoms in total. The van der Waals surface area contributed by atoms with Crippen LogP contribution in [0.25, 0.3) is 0 Å². The summed E-state index contributed by atoms with van der Waals surface area (Å²) in [7, 11) is -3.87. The van der Waals surface area contributed by atoms with E-state index in [0.29, 0.717) is 5.02 Å². The van der Waals surface area contributed by atoms with Gasteiger partial charge in [0.2, 0.25) is 0 Å². The first kappa shape index (κ1) is 16.0. The van der Waals surface area contributed by atoms with Crippen LogP contribution < -0.4 is 10.5 Å². The molecule has 8 heteroatoms. The van der Waals surface area contributed by atoms with Gasteiger partial charge in [0, 0.05) is 10.6 Å². The minimum Gasteiger partial charge on any atom is -0.389 e. The van der Waals surface area contributed by atoms with Crippen LogP contribution in [0.1, 0.15) is 5.56 Å². The van der Waals surface area contributed by atoms with E-state index in [1.54, 1.807) is 18.2 Å². The third kappa shape index (κ3) is 3.65. The first-order valence-electron chi connectivity index (χ1n) is 5.68. The Morgan fingerprint density at radius 1 is 1.14 bits per heavy atom. The fourth-order valence-electron chi connectivity index (χ4n) is 1.68. The Morgan fingerprint density at radius 3 is 2.43 bits per heavy atom. The molecule has 0 aromatic heterocycles. The molecule has 0 aliphatic heterocycles. The second kappa shape index (κ2) is 6.19. The predicted molar refractivity (Wildman–Crippen MR) is 89.6 cm³/mol. The molecule has 0 saturated carbocycles. The number of thiocarbonyl (C=S) groups is 1. The van der Waals surface area contributed by atoms with Gasteiger partial charge >= 0.3 is 0 Å². The number of rotatable bonds is 4. The Morgan fingerprint density at radius 2 is 1.81 bits per heavy atom. The van der Waals surface area contributed by atoms with Crippen LogP contribution in [0.4, 0.5) is 5.69 Å². The van der Waals surface area contributed by atoms with E-state index in [1.807, 2.05) is 0 Å². The Hall–Kier alpha value is -1.34. The number of anilines is 1. The highest BCUT2D eigenvalue weighted by atomic mass is 35.5. The van der Waals surface area contributed by atoms with Crippen molar-refractivity contribution in [2.45, 2.75) is 4.90 Å². The summed E-state index contributed by atoms with van der Waals surface area (Å²) in [4.78, 5) is -0.0123. The zero-order valence-electron chi connectivity index (χ0n) is 10.5. The van der Waals surface area contributed by atoms with E-state index >= 15 is 0 Å². The van der Waals surface area contributed by atoms with Gasteiger partial charge < -0.3 is 5.73 Å². The summed E-state index contributed by atoms with van der Waals surface area (Å²) < 4.78 is 27.3. The Labute approximate surface area is 137 Å². The van der Waals surface area contributed by atoms with Crippen LogP contribution in [0.15, 0.2) is 47.4 Å². The van der Waals surface area contributed by atoms with E-state index in [0.717, 1.165) is 0 Å². The fourth-order valence-corrected chi connectivity index (χ4v) is 3.73. The van der Waals surface area contributed by atoms with Gasteiger partial charge in [-0.1, -0.05) is 53.6 Å². The molecular formula is C13H10Cl2N2O2S2. The fraction of sp³-hybridized carbons (Fsp3) is 0. The summed E-state index contributed by atoms with van der Waals surface area (Å²) in [5.74, 6) is 0. The third-order valence-corrected chi connectivity index (χ3v) is 4.81. The van der Waals surface area contributed by atoms with Crippen molar-refractivity contribution in [1.29, 1.82) is 0 Å². The van der Waals surface area contributed by atoms with Gasteiger partial charge in [0.1, 0.15) is 4.99 Å². The van der Waals surface area contributed by atoms with E-state index in [9.17, 15) is 8.42 Å². The highest BCUT2D eigenvalue weighted by Crippen LogP contribution is 2.28. The Balaban J connectivity index is 2.46. The molecule has 0 radical (unpaired) electrons. The molecule has 0 atom stereocenters. The molecule has 0 unspecified atom stereocenters. The van der Waals surface area contributed by atoms with Crippen LogP contribution in [0, 0.1) is 0 Å². The second-order valence-corrected chi connectivity index (χ2v) is 7.02. The van der Waals surface area contributed by atoms with Crippen LogP contribution in [0.2, 0.25) is 10.0 Å². The average molecular weight is 361 g/mol. The van der Waals surface area contributed by atoms with Crippen molar-refractivity contribution in [2.75, 3.05) is 4.72 Å². The normalized spacial score (nSPS) is 11.1. The van der Waals surface area contributed by atoms with Crippen LogP contribution in [0.3, 0.4) is 0 Å². The zero-order valence-corrected chi connectivity index (χ0v) is 13.7. The lowest BCUT2D eigenvalue weighted by Gasteiger charge is -2.12. The topological polar surface area (TPSA) is 72.2 Å². The third-order valence-electron chi connectivity index (χ3n) is 2.62. The molecule has 2 aromatic carbocycles. The molecule has 0 amide bonds. The number of sulfonamides is 1. The molecule has 0 bridgehead atoms. The molecule has 0 spiro atoms. The minimum absolute atomic E-state index is 0.00169. The van der Waals surface area contributed by atoms with Crippen molar-refractivity contribution in [3.63, 3.8) is 0 Å². The summed E-state index contributed by atoms with van der Waals surface area (Å²) in [6.07, 6.45) is 0. The largest absolute Gasteiger partial charge is 0.389 e. The van der Waals surface area contributed by atoms with E-state index in [4.69, 9.17) is 41.2 Å². The summed E-state index contributed by atoms with van der Waals surface area (Å²) in [5.41, 5.74) is 6.04. The van der Waals surface area contributed by atoms with E-state index in [2.05, 4.69) is 4.72 Å². The van der Waals surface area contributed by atoms with Crippen molar-refractivity contribution in [2.24, 2.45) is 5.73 Å². The maximum absolute atomic E-state index is 12.4. The summed E-state index contributed by atoms with van der Waals surface area (Å²) in [6.45, 7) is 0. The van der Waals surface area contributed by atoms with E-state index in [-0.39, 0.29) is 26.2 Å². The molecule has 0 saturated heterocycles. The average Bonchev–Trinajstić information content (AvgIpc) is 2.42. The Bertz CT molecular complexity index is 808. The van der Waals surface area contributed by atoms with Crippen molar-refractivity contribution in [3.05, 3.63) is 58.1 Å². The number of nitrogens with two attached hydrogens (primary N) is 1. The first-order chi connectivity index (χ1) is 9.81. The predicted octanol–water partition coefficient (Wildman–Crippen LogP) is 3.43. The lowest BCUT2D eigenvalue weighted by atomic mass is 10.2. The molecule has 2 aromatic rings. The van der Waals surface area contributed by atoms with Gasteiger partial charge in [-0.15, -0.1) is 0 Å². The smallest absolute Gasteiger partial charge is 0.262 e. The van der Waals surface area contributed by atoms with Crippen LogP contribution in [-0.2, 0) is 10.0 Å². The lowest BCUT2D eigenvalue weighted by molar-refractivity contribution is 0.601.